The molecule has 10 aromatic carbocycles. The fourth-order valence-electron chi connectivity index (χ4n) is 9.94. The lowest BCUT2D eigenvalue weighted by Crippen LogP contribution is -1.99. The van der Waals surface area contributed by atoms with E-state index in [1.54, 1.807) is 0 Å². The van der Waals surface area contributed by atoms with Gasteiger partial charge in [-0.15, -0.1) is 0 Å². The average Bonchev–Trinajstić information content (AvgIpc) is 3.85. The molecule has 13 rings (SSSR count). The van der Waals surface area contributed by atoms with Crippen molar-refractivity contribution in [1.82, 2.24) is 19.1 Å². The van der Waals surface area contributed by atoms with Gasteiger partial charge < -0.3 is 9.13 Å². The van der Waals surface area contributed by atoms with Crippen LogP contribution in [0.25, 0.3) is 121 Å². The number of hydrogen-bond acceptors (Lipinski definition) is 2. The zero-order chi connectivity index (χ0) is 40.7. The van der Waals surface area contributed by atoms with Crippen LogP contribution in [-0.4, -0.2) is 19.1 Å². The molecule has 0 bridgehead atoms. The fourth-order valence-corrected chi connectivity index (χ4v) is 9.94. The summed E-state index contributed by atoms with van der Waals surface area (Å²) in [5, 5.41) is 12.1. The van der Waals surface area contributed by atoms with Crippen molar-refractivity contribution in [2.75, 3.05) is 0 Å². The summed E-state index contributed by atoms with van der Waals surface area (Å²) in [4.78, 5) is 10.5. The summed E-state index contributed by atoms with van der Waals surface area (Å²) in [6, 6.07) is 78.6. The number of benzene rings is 10. The van der Waals surface area contributed by atoms with E-state index < -0.39 is 0 Å². The van der Waals surface area contributed by atoms with E-state index >= 15 is 0 Å². The van der Waals surface area contributed by atoms with Crippen LogP contribution >= 0.6 is 0 Å². The van der Waals surface area contributed by atoms with Gasteiger partial charge in [0.2, 0.25) is 0 Å². The first-order valence-corrected chi connectivity index (χ1v) is 21.2. The van der Waals surface area contributed by atoms with E-state index in [-0.39, 0.29) is 0 Å². The molecule has 0 atom stereocenters. The molecule has 0 radical (unpaired) electrons. The van der Waals surface area contributed by atoms with E-state index in [1.165, 1.54) is 59.8 Å². The Hall–Kier alpha value is -8.34. The second-order valence-electron chi connectivity index (χ2n) is 16.1. The number of para-hydroxylation sites is 1. The second kappa shape index (κ2) is 13.6. The molecule has 0 spiro atoms. The summed E-state index contributed by atoms with van der Waals surface area (Å²) in [6.45, 7) is 0. The molecular formula is C58H36N4. The first kappa shape index (κ1) is 34.5. The number of fused-ring (bicyclic) bond motifs is 10. The predicted octanol–water partition coefficient (Wildman–Crippen LogP) is 15.1. The molecule has 3 heterocycles. The van der Waals surface area contributed by atoms with E-state index in [0.29, 0.717) is 5.82 Å². The Morgan fingerprint density at radius 1 is 0.290 bits per heavy atom. The quantitative estimate of drug-likeness (QED) is 0.174. The Morgan fingerprint density at radius 3 is 1.58 bits per heavy atom. The second-order valence-corrected chi connectivity index (χ2v) is 16.1. The Labute approximate surface area is 357 Å². The lowest BCUT2D eigenvalue weighted by atomic mass is 10.0. The first-order valence-electron chi connectivity index (χ1n) is 21.2. The van der Waals surface area contributed by atoms with Crippen LogP contribution in [0.5, 0.6) is 0 Å². The molecule has 13 aromatic rings. The maximum atomic E-state index is 5.26. The van der Waals surface area contributed by atoms with Gasteiger partial charge in [0, 0.05) is 49.0 Å². The van der Waals surface area contributed by atoms with Crippen LogP contribution < -0.4 is 0 Å². The zero-order valence-corrected chi connectivity index (χ0v) is 33.6. The lowest BCUT2D eigenvalue weighted by molar-refractivity contribution is 1.18. The third-order valence-corrected chi connectivity index (χ3v) is 12.7. The van der Waals surface area contributed by atoms with Crippen molar-refractivity contribution < 1.29 is 0 Å². The van der Waals surface area contributed by atoms with Crippen LogP contribution in [0.15, 0.2) is 218 Å². The van der Waals surface area contributed by atoms with Gasteiger partial charge in [-0.2, -0.15) is 0 Å². The van der Waals surface area contributed by atoms with Gasteiger partial charge in [-0.1, -0.05) is 176 Å². The van der Waals surface area contributed by atoms with Gasteiger partial charge >= 0.3 is 0 Å². The highest BCUT2D eigenvalue weighted by atomic mass is 15.0. The standard InChI is InChI=1S/C58H36N4/c1-3-18-39(19-4-1)49-35-50(40-20-5-2-6-21-40)60-58(59-49)46-28-14-27-44-43(46)26-15-31-53(44)61-52-29-12-11-25-45(52)47-34-48-56(36-55(47)61)62(51-30-13-22-37-16-7-9-23-41(37)51)54-33-32-38-17-8-10-24-42(38)57(48)54/h1-36H. The molecule has 0 saturated carbocycles. The number of rotatable bonds is 5. The molecule has 0 saturated heterocycles. The van der Waals surface area contributed by atoms with E-state index in [1.807, 2.05) is 12.1 Å². The zero-order valence-electron chi connectivity index (χ0n) is 33.6. The van der Waals surface area contributed by atoms with E-state index in [9.17, 15) is 0 Å². The van der Waals surface area contributed by atoms with Crippen molar-refractivity contribution in [2.24, 2.45) is 0 Å². The third kappa shape index (κ3) is 5.20. The van der Waals surface area contributed by atoms with Crippen molar-refractivity contribution in [2.45, 2.75) is 0 Å². The highest BCUT2D eigenvalue weighted by Crippen LogP contribution is 2.44. The van der Waals surface area contributed by atoms with Crippen LogP contribution in [0.2, 0.25) is 0 Å². The van der Waals surface area contributed by atoms with Gasteiger partial charge in [-0.3, -0.25) is 0 Å². The van der Waals surface area contributed by atoms with Gasteiger partial charge in [0.25, 0.3) is 0 Å². The van der Waals surface area contributed by atoms with Gasteiger partial charge in [0.1, 0.15) is 0 Å². The molecule has 0 unspecified atom stereocenters. The molecule has 0 aliphatic rings. The maximum absolute atomic E-state index is 5.26. The molecular weight excluding hydrogens is 753 g/mol. The molecule has 0 aliphatic carbocycles. The average molecular weight is 789 g/mol. The molecule has 62 heavy (non-hydrogen) atoms. The summed E-state index contributed by atoms with van der Waals surface area (Å²) in [7, 11) is 0. The van der Waals surface area contributed by atoms with Gasteiger partial charge in [0.05, 0.1) is 44.8 Å². The largest absolute Gasteiger partial charge is 0.309 e. The van der Waals surface area contributed by atoms with Crippen molar-refractivity contribution in [3.8, 4) is 45.3 Å². The van der Waals surface area contributed by atoms with E-state index in [4.69, 9.17) is 9.97 Å². The predicted molar refractivity (Wildman–Crippen MR) is 260 cm³/mol. The highest BCUT2D eigenvalue weighted by Gasteiger charge is 2.22. The monoisotopic (exact) mass is 788 g/mol. The molecule has 0 amide bonds. The maximum Gasteiger partial charge on any atom is 0.161 e. The van der Waals surface area contributed by atoms with Gasteiger partial charge in [0.15, 0.2) is 5.82 Å². The van der Waals surface area contributed by atoms with Crippen molar-refractivity contribution in [1.29, 1.82) is 0 Å². The van der Waals surface area contributed by atoms with Crippen LogP contribution in [0.4, 0.5) is 0 Å². The number of hydrogen-bond donors (Lipinski definition) is 0. The Bertz CT molecular complexity index is 3850. The first-order chi connectivity index (χ1) is 30.8. The van der Waals surface area contributed by atoms with Crippen molar-refractivity contribution in [3.05, 3.63) is 218 Å². The minimum Gasteiger partial charge on any atom is -0.309 e. The molecule has 288 valence electrons. The van der Waals surface area contributed by atoms with Crippen molar-refractivity contribution in [3.63, 3.8) is 0 Å². The minimum absolute atomic E-state index is 0.698. The highest BCUT2D eigenvalue weighted by molar-refractivity contribution is 6.26. The Kier molecular flexibility index (Phi) is 7.57. The minimum atomic E-state index is 0.698. The smallest absolute Gasteiger partial charge is 0.161 e. The summed E-state index contributed by atoms with van der Waals surface area (Å²) in [6.07, 6.45) is 0. The topological polar surface area (TPSA) is 35.6 Å². The Morgan fingerprint density at radius 2 is 0.823 bits per heavy atom. The SMILES string of the molecule is c1ccc(-c2cc(-c3ccccc3)nc(-c3cccc4c(-n5c6ccccc6c6cc7c8c9ccccc9ccc8n(-c8cccc9ccccc89)c7cc65)cccc34)n2)cc1. The summed E-state index contributed by atoms with van der Waals surface area (Å²) in [5.74, 6) is 0.698. The van der Waals surface area contributed by atoms with E-state index in [2.05, 4.69) is 215 Å². The molecule has 0 aliphatic heterocycles. The van der Waals surface area contributed by atoms with Crippen LogP contribution in [-0.2, 0) is 0 Å². The van der Waals surface area contributed by atoms with Gasteiger partial charge in [-0.25, -0.2) is 9.97 Å². The van der Waals surface area contributed by atoms with Crippen LogP contribution in [0.3, 0.4) is 0 Å². The van der Waals surface area contributed by atoms with Crippen LogP contribution in [0.1, 0.15) is 0 Å². The number of aromatic nitrogens is 4. The number of nitrogens with zero attached hydrogens (tertiary/aromatic N) is 4. The fraction of sp³-hybridized carbons (Fsp3) is 0. The third-order valence-electron chi connectivity index (χ3n) is 12.7. The summed E-state index contributed by atoms with van der Waals surface area (Å²) < 4.78 is 4.96. The lowest BCUT2D eigenvalue weighted by Gasteiger charge is -2.15. The van der Waals surface area contributed by atoms with E-state index in [0.717, 1.165) is 55.6 Å². The molecule has 4 nitrogen and oxygen atoms in total. The normalized spacial score (nSPS) is 11.9. The summed E-state index contributed by atoms with van der Waals surface area (Å²) >= 11 is 0. The molecule has 4 heteroatoms. The summed E-state index contributed by atoms with van der Waals surface area (Å²) in [5.41, 5.74) is 11.8. The Balaban J connectivity index is 1.11. The van der Waals surface area contributed by atoms with Crippen molar-refractivity contribution >= 4 is 75.9 Å². The molecule has 0 N–H and O–H groups in total. The molecule has 3 aromatic heterocycles. The molecule has 0 fully saturated rings. The van der Waals surface area contributed by atoms with Gasteiger partial charge in [-0.05, 0) is 64.0 Å². The van der Waals surface area contributed by atoms with Crippen LogP contribution in [0, 0.1) is 0 Å².